The number of rotatable bonds is 3. The van der Waals surface area contributed by atoms with Crippen LogP contribution >= 0.6 is 0 Å². The zero-order valence-electron chi connectivity index (χ0n) is 9.81. The lowest BCUT2D eigenvalue weighted by Gasteiger charge is -2.20. The van der Waals surface area contributed by atoms with Crippen LogP contribution in [0.5, 0.6) is 5.75 Å². The van der Waals surface area contributed by atoms with E-state index >= 15 is 0 Å². The van der Waals surface area contributed by atoms with Gasteiger partial charge in [-0.05, 0) is 23.1 Å². The predicted octanol–water partition coefficient (Wildman–Crippen LogP) is 4.22. The van der Waals surface area contributed by atoms with Gasteiger partial charge in [-0.3, -0.25) is 0 Å². The molecule has 0 N–H and O–H groups in total. The molecule has 0 heterocycles. The number of benzene rings is 1. The summed E-state index contributed by atoms with van der Waals surface area (Å²) in [6.45, 7) is 5.86. The molecule has 0 saturated carbocycles. The van der Waals surface area contributed by atoms with Gasteiger partial charge in [0.05, 0.1) is 0 Å². The molecule has 0 saturated heterocycles. The number of halogens is 4. The highest BCUT2D eigenvalue weighted by Gasteiger charge is 2.43. The average Bonchev–Trinajstić information content (AvgIpc) is 2.16. The van der Waals surface area contributed by atoms with Crippen molar-refractivity contribution < 1.29 is 22.3 Å². The summed E-state index contributed by atoms with van der Waals surface area (Å²) >= 11 is 0. The first-order valence-corrected chi connectivity index (χ1v) is 5.08. The third kappa shape index (κ3) is 3.61. The Balaban J connectivity index is 2.83. The van der Waals surface area contributed by atoms with E-state index in [1.54, 1.807) is 12.1 Å². The summed E-state index contributed by atoms with van der Waals surface area (Å²) in [5.41, 5.74) is 0.772. The topological polar surface area (TPSA) is 9.23 Å². The van der Waals surface area contributed by atoms with Gasteiger partial charge in [0.15, 0.2) is 0 Å². The summed E-state index contributed by atoms with van der Waals surface area (Å²) in [4.78, 5) is 0. The van der Waals surface area contributed by atoms with Crippen LogP contribution in [0.15, 0.2) is 24.3 Å². The Labute approximate surface area is 97.4 Å². The molecule has 17 heavy (non-hydrogen) atoms. The smallest absolute Gasteiger partial charge is 0.428 e. The van der Waals surface area contributed by atoms with Crippen LogP contribution in [-0.4, -0.2) is 12.5 Å². The zero-order chi connectivity index (χ0) is 13.3. The molecule has 1 nitrogen and oxygen atoms in total. The maximum atomic E-state index is 12.6. The number of hydrogen-bond donors (Lipinski definition) is 0. The van der Waals surface area contributed by atoms with Gasteiger partial charge >= 0.3 is 12.5 Å². The van der Waals surface area contributed by atoms with Gasteiger partial charge in [0.1, 0.15) is 5.75 Å². The molecule has 0 aromatic heterocycles. The van der Waals surface area contributed by atoms with Crippen molar-refractivity contribution in [3.8, 4) is 5.75 Å². The van der Waals surface area contributed by atoms with Gasteiger partial charge in [0.25, 0.3) is 0 Å². The van der Waals surface area contributed by atoms with E-state index < -0.39 is 12.5 Å². The van der Waals surface area contributed by atoms with E-state index in [1.807, 2.05) is 20.8 Å². The molecule has 0 unspecified atom stereocenters. The monoisotopic (exact) mass is 250 g/mol. The molecule has 0 aliphatic carbocycles. The van der Waals surface area contributed by atoms with E-state index in [9.17, 15) is 17.6 Å². The number of alkyl halides is 4. The Hall–Kier alpha value is -1.26. The van der Waals surface area contributed by atoms with Gasteiger partial charge in [0.2, 0.25) is 0 Å². The zero-order valence-corrected chi connectivity index (χ0v) is 9.81. The lowest BCUT2D eigenvalue weighted by molar-refractivity contribution is -0.253. The minimum absolute atomic E-state index is 0.135. The van der Waals surface area contributed by atoms with Crippen LogP contribution in [0.2, 0.25) is 0 Å². The van der Waals surface area contributed by atoms with E-state index in [4.69, 9.17) is 0 Å². The molecule has 0 spiro atoms. The predicted molar refractivity (Wildman–Crippen MR) is 56.7 cm³/mol. The SMILES string of the molecule is CC(C)(C)c1ccc(OC(F)(F)C(F)F)cc1. The second-order valence-electron chi connectivity index (χ2n) is 4.74. The summed E-state index contributed by atoms with van der Waals surface area (Å²) < 4.78 is 52.9. The summed E-state index contributed by atoms with van der Waals surface area (Å²) in [6, 6.07) is 5.68. The van der Waals surface area contributed by atoms with Crippen molar-refractivity contribution in [3.63, 3.8) is 0 Å². The van der Waals surface area contributed by atoms with Crippen LogP contribution in [0.1, 0.15) is 26.3 Å². The van der Waals surface area contributed by atoms with E-state index in [-0.39, 0.29) is 11.2 Å². The minimum Gasteiger partial charge on any atom is -0.428 e. The number of hydrogen-bond acceptors (Lipinski definition) is 1. The van der Waals surface area contributed by atoms with Gasteiger partial charge in [-0.2, -0.15) is 17.6 Å². The first-order valence-electron chi connectivity index (χ1n) is 5.08. The summed E-state index contributed by atoms with van der Waals surface area (Å²) in [7, 11) is 0. The fourth-order valence-corrected chi connectivity index (χ4v) is 1.22. The van der Waals surface area contributed by atoms with Gasteiger partial charge in [0, 0.05) is 0 Å². The van der Waals surface area contributed by atoms with Crippen molar-refractivity contribution in [3.05, 3.63) is 29.8 Å². The van der Waals surface area contributed by atoms with Crippen molar-refractivity contribution in [2.24, 2.45) is 0 Å². The first kappa shape index (κ1) is 13.8. The molecule has 0 fully saturated rings. The second kappa shape index (κ2) is 4.55. The molecule has 0 amide bonds. The molecule has 1 rings (SSSR count). The van der Waals surface area contributed by atoms with Crippen LogP contribution < -0.4 is 4.74 Å². The van der Waals surface area contributed by atoms with E-state index in [0.717, 1.165) is 5.56 Å². The summed E-state index contributed by atoms with van der Waals surface area (Å²) in [5.74, 6) is -0.275. The fraction of sp³-hybridized carbons (Fsp3) is 0.500. The quantitative estimate of drug-likeness (QED) is 0.730. The Bertz CT molecular complexity index is 365. The maximum absolute atomic E-state index is 12.6. The maximum Gasteiger partial charge on any atom is 0.461 e. The largest absolute Gasteiger partial charge is 0.461 e. The van der Waals surface area contributed by atoms with Crippen molar-refractivity contribution >= 4 is 0 Å². The van der Waals surface area contributed by atoms with Crippen LogP contribution in [-0.2, 0) is 5.41 Å². The number of ether oxygens (including phenoxy) is 1. The molecule has 0 atom stereocenters. The molecular weight excluding hydrogens is 236 g/mol. The van der Waals surface area contributed by atoms with Gasteiger partial charge in [-0.25, -0.2) is 0 Å². The van der Waals surface area contributed by atoms with E-state index in [2.05, 4.69) is 4.74 Å². The van der Waals surface area contributed by atoms with Crippen LogP contribution in [0.25, 0.3) is 0 Å². The van der Waals surface area contributed by atoms with Crippen molar-refractivity contribution in [2.45, 2.75) is 38.7 Å². The molecular formula is C12H14F4O. The third-order valence-corrected chi connectivity index (χ3v) is 2.23. The Morgan fingerprint density at radius 1 is 1.00 bits per heavy atom. The van der Waals surface area contributed by atoms with Gasteiger partial charge < -0.3 is 4.74 Å². The van der Waals surface area contributed by atoms with Gasteiger partial charge in [-0.15, -0.1) is 0 Å². The third-order valence-electron chi connectivity index (χ3n) is 2.23. The Kier molecular flexibility index (Phi) is 3.69. The van der Waals surface area contributed by atoms with E-state index in [1.165, 1.54) is 12.1 Å². The first-order chi connectivity index (χ1) is 7.63. The molecule has 0 aliphatic heterocycles. The lowest BCUT2D eigenvalue weighted by atomic mass is 9.87. The molecule has 1 aromatic carbocycles. The van der Waals surface area contributed by atoms with E-state index in [0.29, 0.717) is 0 Å². The molecule has 0 aliphatic rings. The highest BCUT2D eigenvalue weighted by atomic mass is 19.3. The summed E-state index contributed by atoms with van der Waals surface area (Å²) in [5, 5.41) is 0. The van der Waals surface area contributed by atoms with Crippen molar-refractivity contribution in [1.82, 2.24) is 0 Å². The molecule has 5 heteroatoms. The van der Waals surface area contributed by atoms with Gasteiger partial charge in [-0.1, -0.05) is 32.9 Å². The average molecular weight is 250 g/mol. The Morgan fingerprint density at radius 2 is 1.47 bits per heavy atom. The molecule has 96 valence electrons. The second-order valence-corrected chi connectivity index (χ2v) is 4.74. The van der Waals surface area contributed by atoms with Crippen LogP contribution in [0.3, 0.4) is 0 Å². The normalized spacial score (nSPS) is 12.9. The highest BCUT2D eigenvalue weighted by Crippen LogP contribution is 2.29. The van der Waals surface area contributed by atoms with Crippen molar-refractivity contribution in [2.75, 3.05) is 0 Å². The molecule has 1 aromatic rings. The summed E-state index contributed by atoms with van der Waals surface area (Å²) in [6.07, 6.45) is -8.30. The minimum atomic E-state index is -4.46. The van der Waals surface area contributed by atoms with Crippen LogP contribution in [0, 0.1) is 0 Å². The highest BCUT2D eigenvalue weighted by molar-refractivity contribution is 5.31. The standard InChI is InChI=1S/C12H14F4O/c1-11(2,3)8-4-6-9(7-5-8)17-12(15,16)10(13)14/h4-7,10H,1-3H3. The van der Waals surface area contributed by atoms with Crippen molar-refractivity contribution in [1.29, 1.82) is 0 Å². The Morgan fingerprint density at radius 3 is 1.82 bits per heavy atom. The lowest BCUT2D eigenvalue weighted by Crippen LogP contribution is -2.33. The molecule has 0 radical (unpaired) electrons. The molecule has 0 bridgehead atoms. The van der Waals surface area contributed by atoms with Crippen LogP contribution in [0.4, 0.5) is 17.6 Å². The fourth-order valence-electron chi connectivity index (χ4n) is 1.22.